The first-order valence-electron chi connectivity index (χ1n) is 6.39. The maximum absolute atomic E-state index is 12.8. The van der Waals surface area contributed by atoms with Crippen molar-refractivity contribution in [3.63, 3.8) is 0 Å². The third-order valence-electron chi connectivity index (χ3n) is 3.51. The molecule has 6 nitrogen and oxygen atoms in total. The summed E-state index contributed by atoms with van der Waals surface area (Å²) in [7, 11) is -2.05. The molecule has 2 aromatic rings. The number of fused-ring (bicyclic) bond motifs is 1. The Bertz CT molecular complexity index is 732. The van der Waals surface area contributed by atoms with Crippen LogP contribution in [0.4, 0.5) is 11.5 Å². The molecule has 3 rings (SSSR count). The van der Waals surface area contributed by atoms with Gasteiger partial charge in [0.05, 0.1) is 12.0 Å². The number of aryl methyl sites for hydroxylation is 2. The van der Waals surface area contributed by atoms with Gasteiger partial charge in [0, 0.05) is 13.6 Å². The Labute approximate surface area is 117 Å². The predicted molar refractivity (Wildman–Crippen MR) is 76.9 cm³/mol. The van der Waals surface area contributed by atoms with Gasteiger partial charge >= 0.3 is 0 Å². The van der Waals surface area contributed by atoms with Crippen LogP contribution in [0.3, 0.4) is 0 Å². The first-order valence-corrected chi connectivity index (χ1v) is 7.83. The zero-order valence-corrected chi connectivity index (χ0v) is 12.0. The zero-order chi connectivity index (χ0) is 14.3. The molecule has 0 bridgehead atoms. The van der Waals surface area contributed by atoms with E-state index in [2.05, 4.69) is 4.98 Å². The van der Waals surface area contributed by atoms with Crippen LogP contribution in [0.2, 0.25) is 0 Å². The van der Waals surface area contributed by atoms with E-state index in [1.54, 1.807) is 7.05 Å². The fraction of sp³-hybridized carbons (Fsp3) is 0.308. The van der Waals surface area contributed by atoms with Gasteiger partial charge in [-0.3, -0.25) is 4.31 Å². The topological polar surface area (TPSA) is 81.2 Å². The number of nitrogens with two attached hydrogens (primary N) is 1. The lowest BCUT2D eigenvalue weighted by Gasteiger charge is -2.30. The molecule has 7 heteroatoms. The maximum Gasteiger partial charge on any atom is 0.283 e. The number of nitrogen functional groups attached to an aromatic ring is 1. The number of anilines is 2. The monoisotopic (exact) mass is 292 g/mol. The van der Waals surface area contributed by atoms with Crippen molar-refractivity contribution >= 4 is 21.5 Å². The van der Waals surface area contributed by atoms with Crippen molar-refractivity contribution in [2.45, 2.75) is 17.9 Å². The maximum atomic E-state index is 12.8. The highest BCUT2D eigenvalue weighted by Crippen LogP contribution is 2.32. The Morgan fingerprint density at radius 3 is 2.75 bits per heavy atom. The van der Waals surface area contributed by atoms with Gasteiger partial charge in [0.15, 0.2) is 10.8 Å². The number of benzene rings is 1. The van der Waals surface area contributed by atoms with Crippen LogP contribution in [0.1, 0.15) is 12.0 Å². The molecule has 0 unspecified atom stereocenters. The molecule has 0 saturated carbocycles. The molecule has 1 aliphatic heterocycles. The zero-order valence-electron chi connectivity index (χ0n) is 11.2. The minimum absolute atomic E-state index is 0.0376. The lowest BCUT2D eigenvalue weighted by Crippen LogP contribution is -2.36. The van der Waals surface area contributed by atoms with Gasteiger partial charge in [0.1, 0.15) is 0 Å². The van der Waals surface area contributed by atoms with Crippen LogP contribution in [-0.2, 0) is 23.5 Å². The van der Waals surface area contributed by atoms with E-state index in [-0.39, 0.29) is 10.8 Å². The third kappa shape index (κ3) is 1.85. The van der Waals surface area contributed by atoms with Gasteiger partial charge in [-0.2, -0.15) is 8.42 Å². The molecule has 2 heterocycles. The van der Waals surface area contributed by atoms with E-state index >= 15 is 0 Å². The Morgan fingerprint density at radius 1 is 1.30 bits per heavy atom. The lowest BCUT2D eigenvalue weighted by atomic mass is 10.0. The highest BCUT2D eigenvalue weighted by molar-refractivity contribution is 7.92. The van der Waals surface area contributed by atoms with E-state index in [9.17, 15) is 8.42 Å². The Morgan fingerprint density at radius 2 is 2.05 bits per heavy atom. The van der Waals surface area contributed by atoms with Crippen molar-refractivity contribution in [1.82, 2.24) is 9.55 Å². The number of nitrogens with zero attached hydrogens (tertiary/aromatic N) is 3. The van der Waals surface area contributed by atoms with Crippen molar-refractivity contribution in [3.05, 3.63) is 36.2 Å². The van der Waals surface area contributed by atoms with Crippen LogP contribution < -0.4 is 10.0 Å². The van der Waals surface area contributed by atoms with E-state index < -0.39 is 10.0 Å². The molecule has 0 spiro atoms. The molecule has 2 N–H and O–H groups in total. The summed E-state index contributed by atoms with van der Waals surface area (Å²) in [6.45, 7) is 0.462. The fourth-order valence-corrected chi connectivity index (χ4v) is 4.35. The second kappa shape index (κ2) is 4.52. The third-order valence-corrected chi connectivity index (χ3v) is 5.46. The van der Waals surface area contributed by atoms with Gasteiger partial charge in [0.25, 0.3) is 10.0 Å². The summed E-state index contributed by atoms with van der Waals surface area (Å²) >= 11 is 0. The average Bonchev–Trinajstić information content (AvgIpc) is 2.78. The summed E-state index contributed by atoms with van der Waals surface area (Å²) in [4.78, 5) is 3.87. The van der Waals surface area contributed by atoms with Crippen LogP contribution in [0.25, 0.3) is 0 Å². The van der Waals surface area contributed by atoms with E-state index in [0.29, 0.717) is 6.54 Å². The van der Waals surface area contributed by atoms with Crippen LogP contribution in [0.5, 0.6) is 0 Å². The van der Waals surface area contributed by atoms with Crippen LogP contribution >= 0.6 is 0 Å². The Hall–Kier alpha value is -2.02. The summed E-state index contributed by atoms with van der Waals surface area (Å²) in [5.74, 6) is 0.0376. The molecule has 0 amide bonds. The van der Waals surface area contributed by atoms with Crippen molar-refractivity contribution in [3.8, 4) is 0 Å². The highest BCUT2D eigenvalue weighted by atomic mass is 32.2. The summed E-state index contributed by atoms with van der Waals surface area (Å²) in [6.07, 6.45) is 3.11. The number of hydrogen-bond donors (Lipinski definition) is 1. The Kier molecular flexibility index (Phi) is 2.93. The van der Waals surface area contributed by atoms with Gasteiger partial charge < -0.3 is 10.3 Å². The molecule has 0 atom stereocenters. The number of hydrogen-bond acceptors (Lipinski definition) is 4. The number of sulfonamides is 1. The first-order chi connectivity index (χ1) is 9.51. The van der Waals surface area contributed by atoms with Crippen LogP contribution in [0, 0.1) is 0 Å². The van der Waals surface area contributed by atoms with Crippen molar-refractivity contribution in [2.24, 2.45) is 7.05 Å². The van der Waals surface area contributed by atoms with E-state index in [1.807, 2.05) is 24.3 Å². The van der Waals surface area contributed by atoms with Crippen molar-refractivity contribution in [1.29, 1.82) is 0 Å². The summed E-state index contributed by atoms with van der Waals surface area (Å²) in [5, 5.41) is 0.0502. The molecular formula is C13H16N4O2S. The minimum Gasteiger partial charge on any atom is -0.381 e. The summed E-state index contributed by atoms with van der Waals surface area (Å²) < 4.78 is 28.6. The number of imidazole rings is 1. The second-order valence-corrected chi connectivity index (χ2v) is 6.63. The molecule has 106 valence electrons. The molecule has 0 aliphatic carbocycles. The molecule has 20 heavy (non-hydrogen) atoms. The van der Waals surface area contributed by atoms with E-state index in [4.69, 9.17) is 5.73 Å². The summed E-state index contributed by atoms with van der Waals surface area (Å²) in [5.41, 5.74) is 7.50. The quantitative estimate of drug-likeness (QED) is 0.900. The van der Waals surface area contributed by atoms with Crippen LogP contribution in [-0.4, -0.2) is 24.5 Å². The molecule has 1 aliphatic rings. The summed E-state index contributed by atoms with van der Waals surface area (Å²) in [6, 6.07) is 7.56. The normalized spacial score (nSPS) is 15.2. The molecule has 1 aromatic carbocycles. The highest BCUT2D eigenvalue weighted by Gasteiger charge is 2.32. The van der Waals surface area contributed by atoms with Crippen molar-refractivity contribution in [2.75, 3.05) is 16.6 Å². The van der Waals surface area contributed by atoms with Gasteiger partial charge in [-0.05, 0) is 24.5 Å². The standard InChI is InChI=1S/C13H16N4O2S/c1-16-9-15-12(14)13(16)20(18,19)17-8-4-6-10-5-2-3-7-11(10)17/h2-3,5,7,9H,4,6,8,14H2,1H3. The number of rotatable bonds is 2. The molecular weight excluding hydrogens is 276 g/mol. The Balaban J connectivity index is 2.15. The second-order valence-electron chi connectivity index (χ2n) is 4.86. The predicted octanol–water partition coefficient (Wildman–Crippen LogP) is 1.14. The van der Waals surface area contributed by atoms with E-state index in [0.717, 1.165) is 24.1 Å². The van der Waals surface area contributed by atoms with Gasteiger partial charge in [-0.15, -0.1) is 0 Å². The largest absolute Gasteiger partial charge is 0.381 e. The van der Waals surface area contributed by atoms with E-state index in [1.165, 1.54) is 15.2 Å². The first kappa shape index (κ1) is 13.0. The molecule has 0 radical (unpaired) electrons. The lowest BCUT2D eigenvalue weighted by molar-refractivity contribution is 0.577. The number of aromatic nitrogens is 2. The molecule has 0 saturated heterocycles. The SMILES string of the molecule is Cn1cnc(N)c1S(=O)(=O)N1CCCc2ccccc21. The van der Waals surface area contributed by atoms with Gasteiger partial charge in [-0.25, -0.2) is 4.98 Å². The van der Waals surface area contributed by atoms with Gasteiger partial charge in [0.2, 0.25) is 0 Å². The number of para-hydroxylation sites is 1. The average molecular weight is 292 g/mol. The fourth-order valence-electron chi connectivity index (χ4n) is 2.60. The molecule has 1 aromatic heterocycles. The van der Waals surface area contributed by atoms with Crippen LogP contribution in [0.15, 0.2) is 35.6 Å². The smallest absolute Gasteiger partial charge is 0.283 e. The minimum atomic E-state index is -3.68. The van der Waals surface area contributed by atoms with Crippen molar-refractivity contribution < 1.29 is 8.42 Å². The molecule has 0 fully saturated rings. The van der Waals surface area contributed by atoms with Gasteiger partial charge in [-0.1, -0.05) is 18.2 Å².